The Labute approximate surface area is 127 Å². The lowest BCUT2D eigenvalue weighted by Gasteiger charge is -2.25. The molecule has 0 amide bonds. The SMILES string of the molecule is NNC(c1cccc2c1OCCC2)c1c(F)cccc1Cl. The van der Waals surface area contributed by atoms with Crippen LogP contribution < -0.4 is 16.0 Å². The van der Waals surface area contributed by atoms with Crippen LogP contribution in [0.5, 0.6) is 5.75 Å². The number of hydrogen-bond donors (Lipinski definition) is 2. The molecule has 5 heteroatoms. The van der Waals surface area contributed by atoms with E-state index in [4.69, 9.17) is 22.2 Å². The van der Waals surface area contributed by atoms with Gasteiger partial charge in [-0.3, -0.25) is 5.84 Å². The molecule has 0 spiro atoms. The summed E-state index contributed by atoms with van der Waals surface area (Å²) < 4.78 is 20.0. The van der Waals surface area contributed by atoms with Gasteiger partial charge in [-0.2, -0.15) is 0 Å². The molecule has 21 heavy (non-hydrogen) atoms. The topological polar surface area (TPSA) is 47.3 Å². The highest BCUT2D eigenvalue weighted by atomic mass is 35.5. The van der Waals surface area contributed by atoms with Gasteiger partial charge in [0, 0.05) is 16.1 Å². The number of nitrogens with two attached hydrogens (primary N) is 1. The maximum absolute atomic E-state index is 14.2. The first-order chi connectivity index (χ1) is 10.2. The molecule has 0 saturated heterocycles. The number of aryl methyl sites for hydroxylation is 1. The number of hydrazine groups is 1. The lowest BCUT2D eigenvalue weighted by Crippen LogP contribution is -2.30. The normalized spacial score (nSPS) is 15.2. The van der Waals surface area contributed by atoms with Crippen molar-refractivity contribution in [1.82, 2.24) is 5.43 Å². The lowest BCUT2D eigenvalue weighted by atomic mass is 9.93. The van der Waals surface area contributed by atoms with Crippen molar-refractivity contribution in [2.45, 2.75) is 18.9 Å². The number of ether oxygens (including phenoxy) is 1. The van der Waals surface area contributed by atoms with Crippen LogP contribution >= 0.6 is 11.6 Å². The van der Waals surface area contributed by atoms with Gasteiger partial charge in [0.05, 0.1) is 12.6 Å². The average Bonchev–Trinajstić information content (AvgIpc) is 2.51. The van der Waals surface area contributed by atoms with Gasteiger partial charge in [0.1, 0.15) is 11.6 Å². The molecule has 2 aromatic carbocycles. The predicted octanol–water partition coefficient (Wildman–Crippen LogP) is 3.36. The molecule has 0 saturated carbocycles. The summed E-state index contributed by atoms with van der Waals surface area (Å²) in [6, 6.07) is 9.90. The van der Waals surface area contributed by atoms with E-state index in [2.05, 4.69) is 5.43 Å². The monoisotopic (exact) mass is 306 g/mol. The molecular weight excluding hydrogens is 291 g/mol. The molecule has 0 aromatic heterocycles. The number of benzene rings is 2. The third-order valence-electron chi connectivity index (χ3n) is 3.73. The Morgan fingerprint density at radius 3 is 2.81 bits per heavy atom. The molecule has 3 N–H and O–H groups in total. The van der Waals surface area contributed by atoms with Crippen LogP contribution in [0.1, 0.15) is 29.2 Å². The van der Waals surface area contributed by atoms with Crippen LogP contribution in [0.2, 0.25) is 5.02 Å². The summed E-state index contributed by atoms with van der Waals surface area (Å²) in [4.78, 5) is 0. The van der Waals surface area contributed by atoms with Crippen LogP contribution in [0.25, 0.3) is 0 Å². The molecule has 2 aromatic rings. The Hall–Kier alpha value is -1.62. The Kier molecular flexibility index (Phi) is 4.10. The minimum Gasteiger partial charge on any atom is -0.493 e. The van der Waals surface area contributed by atoms with Crippen LogP contribution in [0, 0.1) is 5.82 Å². The first kappa shape index (κ1) is 14.3. The highest BCUT2D eigenvalue weighted by Gasteiger charge is 2.25. The molecule has 110 valence electrons. The second-order valence-corrected chi connectivity index (χ2v) is 5.43. The zero-order valence-corrected chi connectivity index (χ0v) is 12.2. The predicted molar refractivity (Wildman–Crippen MR) is 80.8 cm³/mol. The first-order valence-corrected chi connectivity index (χ1v) is 7.25. The first-order valence-electron chi connectivity index (χ1n) is 6.87. The number of hydrogen-bond acceptors (Lipinski definition) is 3. The van der Waals surface area contributed by atoms with E-state index in [1.54, 1.807) is 12.1 Å². The molecular formula is C16H16ClFN2O. The highest BCUT2D eigenvalue weighted by molar-refractivity contribution is 6.31. The van der Waals surface area contributed by atoms with Crippen molar-refractivity contribution < 1.29 is 9.13 Å². The minimum absolute atomic E-state index is 0.337. The van der Waals surface area contributed by atoms with Crippen molar-refractivity contribution >= 4 is 11.6 Å². The number of fused-ring (bicyclic) bond motifs is 1. The molecule has 0 radical (unpaired) electrons. The lowest BCUT2D eigenvalue weighted by molar-refractivity contribution is 0.283. The third-order valence-corrected chi connectivity index (χ3v) is 4.06. The number of para-hydroxylation sites is 1. The molecule has 1 heterocycles. The van der Waals surface area contributed by atoms with E-state index in [-0.39, 0.29) is 5.82 Å². The van der Waals surface area contributed by atoms with E-state index >= 15 is 0 Å². The van der Waals surface area contributed by atoms with Gasteiger partial charge in [-0.1, -0.05) is 35.9 Å². The fourth-order valence-electron chi connectivity index (χ4n) is 2.76. The van der Waals surface area contributed by atoms with Crippen LogP contribution in [0.15, 0.2) is 36.4 Å². The Morgan fingerprint density at radius 1 is 1.24 bits per heavy atom. The summed E-state index contributed by atoms with van der Waals surface area (Å²) in [6.45, 7) is 0.659. The minimum atomic E-state index is -0.549. The molecule has 0 aliphatic carbocycles. The Morgan fingerprint density at radius 2 is 2.05 bits per heavy atom. The van der Waals surface area contributed by atoms with E-state index in [0.717, 1.165) is 29.7 Å². The van der Waals surface area contributed by atoms with Gasteiger partial charge in [-0.15, -0.1) is 0 Å². The van der Waals surface area contributed by atoms with Crippen molar-refractivity contribution in [2.75, 3.05) is 6.61 Å². The van der Waals surface area contributed by atoms with E-state index in [0.29, 0.717) is 17.2 Å². The number of nitrogens with one attached hydrogen (secondary N) is 1. The standard InChI is InChI=1S/C16H16ClFN2O/c17-12-7-2-8-13(18)14(12)15(20-19)11-6-1-4-10-5-3-9-21-16(10)11/h1-2,4,6-8,15,20H,3,5,9,19H2. The molecule has 1 aliphatic heterocycles. The van der Waals surface area contributed by atoms with Crippen molar-refractivity contribution in [3.63, 3.8) is 0 Å². The van der Waals surface area contributed by atoms with Gasteiger partial charge in [0.25, 0.3) is 0 Å². The number of rotatable bonds is 3. The van der Waals surface area contributed by atoms with E-state index < -0.39 is 6.04 Å². The van der Waals surface area contributed by atoms with Crippen LogP contribution in [0.4, 0.5) is 4.39 Å². The van der Waals surface area contributed by atoms with Gasteiger partial charge in [0.15, 0.2) is 0 Å². The van der Waals surface area contributed by atoms with Gasteiger partial charge in [-0.05, 0) is 30.5 Å². The fraction of sp³-hybridized carbons (Fsp3) is 0.250. The highest BCUT2D eigenvalue weighted by Crippen LogP contribution is 2.38. The van der Waals surface area contributed by atoms with Crippen molar-refractivity contribution in [1.29, 1.82) is 0 Å². The van der Waals surface area contributed by atoms with Crippen LogP contribution in [-0.2, 0) is 6.42 Å². The quantitative estimate of drug-likeness (QED) is 0.675. The average molecular weight is 307 g/mol. The van der Waals surface area contributed by atoms with Crippen molar-refractivity contribution in [3.8, 4) is 5.75 Å². The fourth-order valence-corrected chi connectivity index (χ4v) is 3.03. The van der Waals surface area contributed by atoms with Gasteiger partial charge >= 0.3 is 0 Å². The molecule has 1 unspecified atom stereocenters. The molecule has 1 atom stereocenters. The molecule has 1 aliphatic rings. The van der Waals surface area contributed by atoms with Crippen molar-refractivity contribution in [3.05, 3.63) is 63.9 Å². The smallest absolute Gasteiger partial charge is 0.129 e. The summed E-state index contributed by atoms with van der Waals surface area (Å²) in [5.41, 5.74) is 4.92. The zero-order chi connectivity index (χ0) is 14.8. The second-order valence-electron chi connectivity index (χ2n) is 5.02. The molecule has 3 nitrogen and oxygen atoms in total. The summed E-state index contributed by atoms with van der Waals surface area (Å²) >= 11 is 6.16. The van der Waals surface area contributed by atoms with E-state index in [1.807, 2.05) is 18.2 Å². The third kappa shape index (κ3) is 2.62. The molecule has 3 rings (SSSR count). The summed E-state index contributed by atoms with van der Waals surface area (Å²) in [5, 5.41) is 0.339. The maximum atomic E-state index is 14.2. The van der Waals surface area contributed by atoms with Gasteiger partial charge in [-0.25, -0.2) is 9.82 Å². The largest absolute Gasteiger partial charge is 0.493 e. The maximum Gasteiger partial charge on any atom is 0.129 e. The van der Waals surface area contributed by atoms with E-state index in [9.17, 15) is 4.39 Å². The Balaban J connectivity index is 2.13. The summed E-state index contributed by atoms with van der Waals surface area (Å²) in [5.74, 6) is 6.07. The van der Waals surface area contributed by atoms with Crippen molar-refractivity contribution in [2.24, 2.45) is 5.84 Å². The Bertz CT molecular complexity index is 642. The van der Waals surface area contributed by atoms with Crippen LogP contribution in [0.3, 0.4) is 0 Å². The second kappa shape index (κ2) is 6.02. The molecule has 0 bridgehead atoms. The van der Waals surface area contributed by atoms with Crippen LogP contribution in [-0.4, -0.2) is 6.61 Å². The summed E-state index contributed by atoms with van der Waals surface area (Å²) in [7, 11) is 0. The van der Waals surface area contributed by atoms with E-state index in [1.165, 1.54) is 6.07 Å². The summed E-state index contributed by atoms with van der Waals surface area (Å²) in [6.07, 6.45) is 1.93. The molecule has 0 fully saturated rings. The van der Waals surface area contributed by atoms with Gasteiger partial charge < -0.3 is 4.74 Å². The number of halogens is 2. The zero-order valence-electron chi connectivity index (χ0n) is 11.4. The van der Waals surface area contributed by atoms with Gasteiger partial charge in [0.2, 0.25) is 0 Å².